The molecule has 0 saturated carbocycles. The van der Waals surface area contributed by atoms with Crippen molar-refractivity contribution in [3.05, 3.63) is 29.8 Å². The van der Waals surface area contributed by atoms with Crippen molar-refractivity contribution in [3.8, 4) is 0 Å². The van der Waals surface area contributed by atoms with Crippen LogP contribution in [0.15, 0.2) is 29.2 Å². The lowest BCUT2D eigenvalue weighted by molar-refractivity contribution is -0.139. The van der Waals surface area contributed by atoms with Gasteiger partial charge in [-0.3, -0.25) is 9.59 Å². The van der Waals surface area contributed by atoms with Crippen LogP contribution in [-0.4, -0.2) is 31.4 Å². The fraction of sp³-hybridized carbons (Fsp3) is 0.333. The van der Waals surface area contributed by atoms with Crippen LogP contribution in [-0.2, 0) is 19.6 Å². The van der Waals surface area contributed by atoms with Gasteiger partial charge in [-0.05, 0) is 25.0 Å². The fourth-order valence-electron chi connectivity index (χ4n) is 1.63. The fourth-order valence-corrected chi connectivity index (χ4v) is 3.10. The van der Waals surface area contributed by atoms with E-state index < -0.39 is 27.9 Å². The number of sulfonamides is 1. The number of carbonyl (C=O) groups is 2. The van der Waals surface area contributed by atoms with Gasteiger partial charge in [-0.15, -0.1) is 0 Å². The Morgan fingerprint density at radius 3 is 2.45 bits per heavy atom. The highest BCUT2D eigenvalue weighted by Crippen LogP contribution is 2.15. The third-order valence-corrected chi connectivity index (χ3v) is 4.29. The molecular weight excluding hydrogens is 284 g/mol. The van der Waals surface area contributed by atoms with Gasteiger partial charge in [0.05, 0.1) is 4.90 Å². The van der Waals surface area contributed by atoms with Crippen molar-refractivity contribution in [2.45, 2.75) is 30.7 Å². The molecule has 0 heterocycles. The van der Waals surface area contributed by atoms with E-state index in [1.165, 1.54) is 6.07 Å². The maximum Gasteiger partial charge on any atom is 0.321 e. The van der Waals surface area contributed by atoms with Gasteiger partial charge in [-0.1, -0.05) is 18.2 Å². The molecular formula is C12H16N2O5S. The highest BCUT2D eigenvalue weighted by atomic mass is 32.2. The summed E-state index contributed by atoms with van der Waals surface area (Å²) in [4.78, 5) is 21.7. The van der Waals surface area contributed by atoms with Crippen LogP contribution in [0.2, 0.25) is 0 Å². The average molecular weight is 300 g/mol. The summed E-state index contributed by atoms with van der Waals surface area (Å²) in [5.41, 5.74) is 5.43. The zero-order valence-electron chi connectivity index (χ0n) is 10.9. The predicted octanol–water partition coefficient (Wildman–Crippen LogP) is -0.00798. The van der Waals surface area contributed by atoms with Crippen LogP contribution in [0.4, 0.5) is 0 Å². The monoisotopic (exact) mass is 300 g/mol. The number of hydrogen-bond acceptors (Lipinski definition) is 4. The van der Waals surface area contributed by atoms with Crippen molar-refractivity contribution in [1.29, 1.82) is 0 Å². The van der Waals surface area contributed by atoms with E-state index in [1.807, 2.05) is 0 Å². The van der Waals surface area contributed by atoms with Gasteiger partial charge >= 0.3 is 5.97 Å². The van der Waals surface area contributed by atoms with Crippen LogP contribution in [0.5, 0.6) is 0 Å². The quantitative estimate of drug-likeness (QED) is 0.653. The largest absolute Gasteiger partial charge is 0.480 e. The number of rotatable bonds is 7. The summed E-state index contributed by atoms with van der Waals surface area (Å²) < 4.78 is 26.3. The van der Waals surface area contributed by atoms with E-state index in [-0.39, 0.29) is 17.7 Å². The van der Waals surface area contributed by atoms with Gasteiger partial charge < -0.3 is 10.8 Å². The zero-order chi connectivity index (χ0) is 15.3. The first kappa shape index (κ1) is 16.1. The van der Waals surface area contributed by atoms with Crippen LogP contribution in [0.3, 0.4) is 0 Å². The average Bonchev–Trinajstić information content (AvgIpc) is 2.34. The third kappa shape index (κ3) is 4.32. The Hall–Kier alpha value is -1.93. The minimum Gasteiger partial charge on any atom is -0.480 e. The Morgan fingerprint density at radius 1 is 1.35 bits per heavy atom. The maximum absolute atomic E-state index is 12.1. The first-order chi connectivity index (χ1) is 9.24. The zero-order valence-corrected chi connectivity index (χ0v) is 11.7. The number of aryl methyl sites for hydroxylation is 1. The number of carbonyl (C=O) groups excluding carboxylic acids is 1. The van der Waals surface area contributed by atoms with Crippen molar-refractivity contribution in [3.63, 3.8) is 0 Å². The molecule has 0 aliphatic rings. The predicted molar refractivity (Wildman–Crippen MR) is 71.4 cm³/mol. The summed E-state index contributed by atoms with van der Waals surface area (Å²) in [5.74, 6) is -2.05. The molecule has 0 aromatic heterocycles. The van der Waals surface area contributed by atoms with Crippen LogP contribution < -0.4 is 10.5 Å². The van der Waals surface area contributed by atoms with E-state index >= 15 is 0 Å². The summed E-state index contributed by atoms with van der Waals surface area (Å²) in [7, 11) is -3.97. The van der Waals surface area contributed by atoms with Crippen LogP contribution >= 0.6 is 0 Å². The summed E-state index contributed by atoms with van der Waals surface area (Å²) in [5, 5.41) is 8.99. The Morgan fingerprint density at radius 2 is 1.95 bits per heavy atom. The van der Waals surface area contributed by atoms with Crippen LogP contribution in [0, 0.1) is 6.92 Å². The number of amides is 1. The number of carboxylic acids is 1. The second-order valence-corrected chi connectivity index (χ2v) is 5.96. The Labute approximate surface area is 116 Å². The highest BCUT2D eigenvalue weighted by Gasteiger charge is 2.26. The Balaban J connectivity index is 2.95. The number of nitrogens with one attached hydrogen (secondary N) is 1. The highest BCUT2D eigenvalue weighted by molar-refractivity contribution is 7.89. The molecule has 0 saturated heterocycles. The molecule has 110 valence electrons. The van der Waals surface area contributed by atoms with Gasteiger partial charge in [0, 0.05) is 6.42 Å². The lowest BCUT2D eigenvalue weighted by atomic mass is 10.2. The van der Waals surface area contributed by atoms with Crippen molar-refractivity contribution in [1.82, 2.24) is 4.72 Å². The molecule has 7 nitrogen and oxygen atoms in total. The normalized spacial score (nSPS) is 12.8. The molecule has 0 radical (unpaired) electrons. The molecule has 1 atom stereocenters. The molecule has 8 heteroatoms. The smallest absolute Gasteiger partial charge is 0.321 e. The standard InChI is InChI=1S/C12H16N2O5S/c1-8-4-2-3-5-10(8)20(18,19)14-9(12(16)17)6-7-11(13)15/h2-5,9,14H,6-7H2,1H3,(H2,13,15)(H,16,17)/t9-/m0/s1. The Bertz CT molecular complexity index is 612. The molecule has 1 aromatic carbocycles. The summed E-state index contributed by atoms with van der Waals surface area (Å²) >= 11 is 0. The SMILES string of the molecule is Cc1ccccc1S(=O)(=O)N[C@@H](CCC(N)=O)C(=O)O. The van der Waals surface area contributed by atoms with Gasteiger partial charge in [0.15, 0.2) is 0 Å². The molecule has 0 aliphatic carbocycles. The number of hydrogen-bond donors (Lipinski definition) is 3. The third-order valence-electron chi connectivity index (χ3n) is 2.66. The topological polar surface area (TPSA) is 127 Å². The second-order valence-electron chi connectivity index (χ2n) is 4.28. The molecule has 0 spiro atoms. The number of benzene rings is 1. The van der Waals surface area contributed by atoms with Gasteiger partial charge in [0.25, 0.3) is 0 Å². The van der Waals surface area contributed by atoms with Gasteiger partial charge in [0.1, 0.15) is 6.04 Å². The second kappa shape index (κ2) is 6.49. The minimum absolute atomic E-state index is 0.00493. The number of aliphatic carboxylic acids is 1. The number of nitrogens with two attached hydrogens (primary N) is 1. The van der Waals surface area contributed by atoms with Crippen LogP contribution in [0.25, 0.3) is 0 Å². The molecule has 1 aromatic rings. The van der Waals surface area contributed by atoms with E-state index in [2.05, 4.69) is 4.72 Å². The number of primary amides is 1. The summed E-state index contributed by atoms with van der Waals surface area (Å²) in [6.45, 7) is 1.60. The molecule has 20 heavy (non-hydrogen) atoms. The first-order valence-electron chi connectivity index (χ1n) is 5.83. The molecule has 0 bridgehead atoms. The van der Waals surface area contributed by atoms with Crippen molar-refractivity contribution in [2.75, 3.05) is 0 Å². The van der Waals surface area contributed by atoms with Gasteiger partial charge in [0.2, 0.25) is 15.9 Å². The molecule has 0 aliphatic heterocycles. The number of carboxylic acid groups (broad SMARTS) is 1. The van der Waals surface area contributed by atoms with Gasteiger partial charge in [-0.2, -0.15) is 4.72 Å². The van der Waals surface area contributed by atoms with E-state index in [9.17, 15) is 18.0 Å². The lowest BCUT2D eigenvalue weighted by Gasteiger charge is -2.15. The van der Waals surface area contributed by atoms with E-state index in [1.54, 1.807) is 25.1 Å². The molecule has 0 unspecified atom stereocenters. The van der Waals surface area contributed by atoms with Crippen molar-refractivity contribution >= 4 is 21.9 Å². The van der Waals surface area contributed by atoms with E-state index in [0.29, 0.717) is 5.56 Å². The molecule has 0 fully saturated rings. The molecule has 1 rings (SSSR count). The molecule has 1 amide bonds. The lowest BCUT2D eigenvalue weighted by Crippen LogP contribution is -2.41. The Kier molecular flexibility index (Phi) is 5.23. The summed E-state index contributed by atoms with van der Waals surface area (Å²) in [6.07, 6.45) is -0.414. The van der Waals surface area contributed by atoms with Gasteiger partial charge in [-0.25, -0.2) is 8.42 Å². The first-order valence-corrected chi connectivity index (χ1v) is 7.31. The van der Waals surface area contributed by atoms with Crippen LogP contribution in [0.1, 0.15) is 18.4 Å². The van der Waals surface area contributed by atoms with E-state index in [4.69, 9.17) is 10.8 Å². The van der Waals surface area contributed by atoms with Crippen molar-refractivity contribution in [2.24, 2.45) is 5.73 Å². The van der Waals surface area contributed by atoms with E-state index in [0.717, 1.165) is 0 Å². The minimum atomic E-state index is -3.97. The molecule has 4 N–H and O–H groups in total. The maximum atomic E-state index is 12.1. The summed E-state index contributed by atoms with van der Waals surface area (Å²) in [6, 6.07) is 4.81. The van der Waals surface area contributed by atoms with Crippen molar-refractivity contribution < 1.29 is 23.1 Å².